The molecule has 14 heteroatoms. The Hall–Kier alpha value is -5.92. The van der Waals surface area contributed by atoms with E-state index in [4.69, 9.17) is 19.4 Å². The number of aromatic nitrogens is 4. The van der Waals surface area contributed by atoms with Gasteiger partial charge >= 0.3 is 12.2 Å². The van der Waals surface area contributed by atoms with Gasteiger partial charge in [0.15, 0.2) is 0 Å². The molecule has 2 saturated heterocycles. The van der Waals surface area contributed by atoms with E-state index in [1.807, 2.05) is 49.9 Å². The maximum Gasteiger partial charge on any atom is 0.407 e. The lowest BCUT2D eigenvalue weighted by Crippen LogP contribution is -2.54. The minimum absolute atomic E-state index is 0.0946. The standard InChI is InChI=1S/C44H52N8O6/c1-23(2)36(49-43(55)57-5)41(53)51-17-7-8-35(51)39-45-21-33(47-39)27-12-15-31-25(18-27)9-10-26-19-28(13-16-32(26)31)34-22-46-40(48-34)38-29-11-14-30(20-29)52(38)42(54)37(24(3)4)50-44(56)58-6/h9-10,12-13,15-16,18-19,21-24,29-30,35-38H,7-8,11,14,17,20H2,1-6H3,(H,45,47)(H,46,48)(H,49,55)(H,50,56)/t29-,30+,35-,36-,37-,38?/m0/s1. The fraction of sp³-hybridized carbons (Fsp3) is 0.455. The number of likely N-dealkylation sites (tertiary alicyclic amines) is 2. The minimum atomic E-state index is -0.692. The number of hydrogen-bond donors (Lipinski definition) is 4. The number of hydrogen-bond acceptors (Lipinski definition) is 8. The number of aromatic amines is 2. The molecule has 58 heavy (non-hydrogen) atoms. The SMILES string of the molecule is COC(=O)N[C@H](C(=O)N1CCC[C@H]1c1ncc(-c2ccc3c(ccc4cc(-c5cnc(C6[C@H]7CC[C@H](C7)N6C(=O)[C@@H](NC(=O)OC)C(C)C)[nH]5)ccc43)c2)[nH]1)C(C)C. The summed E-state index contributed by atoms with van der Waals surface area (Å²) >= 11 is 0. The highest BCUT2D eigenvalue weighted by Crippen LogP contribution is 2.50. The topological polar surface area (TPSA) is 175 Å². The number of imidazole rings is 2. The number of carbonyl (C=O) groups excluding carboxylic acids is 4. The Balaban J connectivity index is 1.01. The van der Waals surface area contributed by atoms with Crippen LogP contribution < -0.4 is 10.6 Å². The van der Waals surface area contributed by atoms with Crippen molar-refractivity contribution in [3.8, 4) is 22.5 Å². The van der Waals surface area contributed by atoms with Gasteiger partial charge in [0.2, 0.25) is 11.8 Å². The lowest BCUT2D eigenvalue weighted by atomic mass is 9.95. The van der Waals surface area contributed by atoms with Gasteiger partial charge in [-0.1, -0.05) is 64.1 Å². The van der Waals surface area contributed by atoms with E-state index < -0.39 is 24.3 Å². The zero-order chi connectivity index (χ0) is 40.8. The third kappa shape index (κ3) is 7.13. The van der Waals surface area contributed by atoms with Crippen molar-refractivity contribution in [2.75, 3.05) is 20.8 Å². The predicted octanol–water partition coefficient (Wildman–Crippen LogP) is 7.25. The molecule has 2 bridgehead atoms. The highest BCUT2D eigenvalue weighted by atomic mass is 16.5. The van der Waals surface area contributed by atoms with E-state index in [9.17, 15) is 19.2 Å². The largest absolute Gasteiger partial charge is 0.453 e. The number of methoxy groups -OCH3 is 2. The van der Waals surface area contributed by atoms with Gasteiger partial charge in [0.05, 0.1) is 50.1 Å². The van der Waals surface area contributed by atoms with E-state index in [1.54, 1.807) is 0 Å². The molecule has 1 unspecified atom stereocenters. The normalized spacial score (nSPS) is 21.2. The van der Waals surface area contributed by atoms with Crippen molar-refractivity contribution in [3.05, 3.63) is 72.6 Å². The highest BCUT2D eigenvalue weighted by Gasteiger charge is 2.51. The number of piperidine rings is 1. The molecule has 4 amide bonds. The van der Waals surface area contributed by atoms with Gasteiger partial charge in [0.1, 0.15) is 23.7 Å². The van der Waals surface area contributed by atoms with Crippen LogP contribution in [0.3, 0.4) is 0 Å². The summed E-state index contributed by atoms with van der Waals surface area (Å²) in [4.78, 5) is 72.1. The molecule has 304 valence electrons. The summed E-state index contributed by atoms with van der Waals surface area (Å²) in [5.74, 6) is 1.36. The average molecular weight is 789 g/mol. The van der Waals surface area contributed by atoms with Gasteiger partial charge in [0.25, 0.3) is 0 Å². The number of carbonyl (C=O) groups is 4. The zero-order valence-corrected chi connectivity index (χ0v) is 33.9. The number of H-pyrrole nitrogens is 2. The molecule has 1 saturated carbocycles. The number of benzene rings is 3. The van der Waals surface area contributed by atoms with E-state index in [2.05, 4.69) is 69.1 Å². The molecule has 8 rings (SSSR count). The first-order valence-electron chi connectivity index (χ1n) is 20.3. The molecule has 3 aromatic carbocycles. The fourth-order valence-corrected chi connectivity index (χ4v) is 9.40. The van der Waals surface area contributed by atoms with E-state index in [0.717, 1.165) is 87.8 Å². The molecule has 3 fully saturated rings. The molecular formula is C44H52N8O6. The smallest absolute Gasteiger partial charge is 0.407 e. The first-order valence-corrected chi connectivity index (χ1v) is 20.3. The number of amides is 4. The monoisotopic (exact) mass is 788 g/mol. The van der Waals surface area contributed by atoms with Crippen molar-refractivity contribution in [2.24, 2.45) is 17.8 Å². The van der Waals surface area contributed by atoms with Crippen molar-refractivity contribution in [1.29, 1.82) is 0 Å². The van der Waals surface area contributed by atoms with Crippen LogP contribution in [0.2, 0.25) is 0 Å². The second-order valence-electron chi connectivity index (χ2n) is 16.6. The molecular weight excluding hydrogens is 737 g/mol. The minimum Gasteiger partial charge on any atom is -0.453 e. The molecule has 2 aromatic heterocycles. The Morgan fingerprint density at radius 3 is 1.84 bits per heavy atom. The number of rotatable bonds is 10. The van der Waals surface area contributed by atoms with Crippen LogP contribution >= 0.6 is 0 Å². The average Bonchev–Trinajstić information content (AvgIpc) is 4.09. The first kappa shape index (κ1) is 38.9. The molecule has 4 heterocycles. The first-order chi connectivity index (χ1) is 27.9. The Bertz CT molecular complexity index is 2370. The molecule has 4 N–H and O–H groups in total. The van der Waals surface area contributed by atoms with Crippen LogP contribution in [0, 0.1) is 17.8 Å². The lowest BCUT2D eigenvalue weighted by molar-refractivity contribution is -0.139. The quantitative estimate of drug-likeness (QED) is 0.107. The maximum absolute atomic E-state index is 14.0. The number of nitrogens with one attached hydrogen (secondary N) is 4. The second kappa shape index (κ2) is 15.8. The van der Waals surface area contributed by atoms with E-state index >= 15 is 0 Å². The summed E-state index contributed by atoms with van der Waals surface area (Å²) < 4.78 is 9.60. The van der Waals surface area contributed by atoms with Crippen LogP contribution in [0.4, 0.5) is 9.59 Å². The van der Waals surface area contributed by atoms with Crippen LogP contribution in [0.15, 0.2) is 60.9 Å². The Kier molecular flexibility index (Phi) is 10.6. The highest BCUT2D eigenvalue weighted by molar-refractivity contribution is 6.09. The van der Waals surface area contributed by atoms with Gasteiger partial charge in [-0.3, -0.25) is 9.59 Å². The summed E-state index contributed by atoms with van der Waals surface area (Å²) in [6, 6.07) is 15.4. The van der Waals surface area contributed by atoms with Crippen molar-refractivity contribution < 1.29 is 28.7 Å². The summed E-state index contributed by atoms with van der Waals surface area (Å²) in [5, 5.41) is 9.90. The number of nitrogens with zero attached hydrogens (tertiary/aromatic N) is 4. The summed E-state index contributed by atoms with van der Waals surface area (Å²) in [6.45, 7) is 8.26. The van der Waals surface area contributed by atoms with Gasteiger partial charge in [-0.25, -0.2) is 19.6 Å². The molecule has 0 radical (unpaired) electrons. The molecule has 5 aromatic rings. The number of alkyl carbamates (subject to hydrolysis) is 2. The third-order valence-electron chi connectivity index (χ3n) is 12.4. The second-order valence-corrected chi connectivity index (χ2v) is 16.6. The Morgan fingerprint density at radius 2 is 1.28 bits per heavy atom. The molecule has 6 atom stereocenters. The summed E-state index contributed by atoms with van der Waals surface area (Å²) in [5.41, 5.74) is 3.74. The maximum atomic E-state index is 14.0. The van der Waals surface area contributed by atoms with E-state index in [1.165, 1.54) is 14.2 Å². The van der Waals surface area contributed by atoms with Crippen molar-refractivity contribution in [3.63, 3.8) is 0 Å². The number of fused-ring (bicyclic) bond motifs is 5. The van der Waals surface area contributed by atoms with Gasteiger partial charge in [0, 0.05) is 23.7 Å². The van der Waals surface area contributed by atoms with Crippen LogP contribution in [0.1, 0.15) is 83.5 Å². The van der Waals surface area contributed by atoms with Crippen LogP contribution in [-0.4, -0.2) is 92.6 Å². The molecule has 2 aliphatic heterocycles. The van der Waals surface area contributed by atoms with E-state index in [-0.39, 0.29) is 41.8 Å². The summed E-state index contributed by atoms with van der Waals surface area (Å²) in [7, 11) is 2.60. The Morgan fingerprint density at radius 1 is 0.724 bits per heavy atom. The van der Waals surface area contributed by atoms with Crippen molar-refractivity contribution in [1.82, 2.24) is 40.4 Å². The summed E-state index contributed by atoms with van der Waals surface area (Å²) in [6.07, 6.45) is 6.98. The van der Waals surface area contributed by atoms with Gasteiger partial charge < -0.3 is 39.9 Å². The van der Waals surface area contributed by atoms with Gasteiger partial charge in [-0.05, 0) is 83.5 Å². The van der Waals surface area contributed by atoms with Crippen LogP contribution in [0.5, 0.6) is 0 Å². The Labute approximate surface area is 337 Å². The van der Waals surface area contributed by atoms with Crippen molar-refractivity contribution >= 4 is 45.5 Å². The third-order valence-corrected chi connectivity index (χ3v) is 12.4. The van der Waals surface area contributed by atoms with Gasteiger partial charge in [-0.15, -0.1) is 0 Å². The molecule has 0 spiro atoms. The lowest BCUT2D eigenvalue weighted by Gasteiger charge is -2.37. The fourth-order valence-electron chi connectivity index (χ4n) is 9.40. The number of ether oxygens (including phenoxy) is 2. The van der Waals surface area contributed by atoms with Crippen molar-refractivity contribution in [2.45, 2.75) is 90.0 Å². The predicted molar refractivity (Wildman–Crippen MR) is 219 cm³/mol. The van der Waals surface area contributed by atoms with Crippen LogP contribution in [-0.2, 0) is 19.1 Å². The zero-order valence-electron chi connectivity index (χ0n) is 33.9. The molecule has 14 nitrogen and oxygen atoms in total. The molecule has 1 aliphatic carbocycles. The molecule has 3 aliphatic rings. The van der Waals surface area contributed by atoms with Gasteiger partial charge in [-0.2, -0.15) is 0 Å². The van der Waals surface area contributed by atoms with E-state index in [0.29, 0.717) is 12.5 Å². The van der Waals surface area contributed by atoms with Crippen LogP contribution in [0.25, 0.3) is 44.1 Å².